The van der Waals surface area contributed by atoms with Gasteiger partial charge in [-0.2, -0.15) is 0 Å². The van der Waals surface area contributed by atoms with Crippen molar-refractivity contribution in [2.24, 2.45) is 0 Å². The van der Waals surface area contributed by atoms with Crippen molar-refractivity contribution in [3.8, 4) is 17.2 Å². The molecule has 1 fully saturated rings. The van der Waals surface area contributed by atoms with Gasteiger partial charge in [-0.25, -0.2) is 0 Å². The largest absolute Gasteiger partial charge is 0.497 e. The lowest BCUT2D eigenvalue weighted by Crippen LogP contribution is -2.45. The fourth-order valence-corrected chi connectivity index (χ4v) is 3.95. The van der Waals surface area contributed by atoms with E-state index in [-0.39, 0.29) is 6.04 Å². The van der Waals surface area contributed by atoms with Crippen LogP contribution in [-0.2, 0) is 0 Å². The SMILES string of the molecule is CCOc1ccc(Br)cc1C(c1cc(OC)ccc1OC)N1CCNCC1. The Morgan fingerprint density at radius 2 is 1.70 bits per heavy atom. The predicted molar refractivity (Wildman–Crippen MR) is 111 cm³/mol. The molecule has 0 aromatic heterocycles. The normalized spacial score (nSPS) is 16.0. The number of halogens is 1. The van der Waals surface area contributed by atoms with E-state index in [1.165, 1.54) is 0 Å². The zero-order valence-corrected chi connectivity index (χ0v) is 17.7. The molecule has 0 radical (unpaired) electrons. The molecule has 27 heavy (non-hydrogen) atoms. The lowest BCUT2D eigenvalue weighted by molar-refractivity contribution is 0.191. The zero-order valence-electron chi connectivity index (χ0n) is 16.1. The first-order valence-corrected chi connectivity index (χ1v) is 10.1. The smallest absolute Gasteiger partial charge is 0.124 e. The van der Waals surface area contributed by atoms with Gasteiger partial charge < -0.3 is 19.5 Å². The highest BCUT2D eigenvalue weighted by atomic mass is 79.9. The van der Waals surface area contributed by atoms with E-state index in [2.05, 4.69) is 38.3 Å². The maximum absolute atomic E-state index is 5.98. The van der Waals surface area contributed by atoms with Crippen molar-refractivity contribution in [1.29, 1.82) is 0 Å². The Bertz CT molecular complexity index is 763. The lowest BCUT2D eigenvalue weighted by Gasteiger charge is -2.37. The average Bonchev–Trinajstić information content (AvgIpc) is 2.71. The van der Waals surface area contributed by atoms with Crippen LogP contribution in [0.2, 0.25) is 0 Å². The third-order valence-corrected chi connectivity index (χ3v) is 5.31. The minimum atomic E-state index is 0.0104. The lowest BCUT2D eigenvalue weighted by atomic mass is 9.94. The molecule has 0 bridgehead atoms. The van der Waals surface area contributed by atoms with Crippen LogP contribution in [0, 0.1) is 0 Å². The molecular weight excluding hydrogens is 408 g/mol. The molecule has 1 unspecified atom stereocenters. The van der Waals surface area contributed by atoms with Gasteiger partial charge in [0.05, 0.1) is 26.9 Å². The molecule has 1 saturated heterocycles. The summed E-state index contributed by atoms with van der Waals surface area (Å²) in [5.74, 6) is 2.56. The van der Waals surface area contributed by atoms with E-state index in [0.717, 1.165) is 59.0 Å². The van der Waals surface area contributed by atoms with Crippen molar-refractivity contribution in [3.63, 3.8) is 0 Å². The molecule has 5 nitrogen and oxygen atoms in total. The van der Waals surface area contributed by atoms with Gasteiger partial charge in [-0.15, -0.1) is 0 Å². The summed E-state index contributed by atoms with van der Waals surface area (Å²) in [5.41, 5.74) is 2.21. The van der Waals surface area contributed by atoms with Crippen molar-refractivity contribution in [2.75, 3.05) is 47.0 Å². The predicted octanol–water partition coefficient (Wildman–Crippen LogP) is 3.86. The van der Waals surface area contributed by atoms with Crippen molar-refractivity contribution in [1.82, 2.24) is 10.2 Å². The van der Waals surface area contributed by atoms with Crippen LogP contribution in [0.4, 0.5) is 0 Å². The number of hydrogen-bond donors (Lipinski definition) is 1. The van der Waals surface area contributed by atoms with Gasteiger partial charge in [0.15, 0.2) is 0 Å². The van der Waals surface area contributed by atoms with Gasteiger partial charge in [0, 0.05) is 41.8 Å². The Balaban J connectivity index is 2.17. The summed E-state index contributed by atoms with van der Waals surface area (Å²) < 4.78 is 18.2. The highest BCUT2D eigenvalue weighted by molar-refractivity contribution is 9.10. The molecule has 2 aromatic carbocycles. The van der Waals surface area contributed by atoms with Crippen molar-refractivity contribution < 1.29 is 14.2 Å². The van der Waals surface area contributed by atoms with Crippen LogP contribution in [-0.4, -0.2) is 51.9 Å². The van der Waals surface area contributed by atoms with E-state index in [0.29, 0.717) is 6.61 Å². The van der Waals surface area contributed by atoms with Crippen LogP contribution in [0.1, 0.15) is 24.1 Å². The fourth-order valence-electron chi connectivity index (χ4n) is 3.57. The molecule has 2 aromatic rings. The van der Waals surface area contributed by atoms with Crippen LogP contribution in [0.5, 0.6) is 17.2 Å². The monoisotopic (exact) mass is 434 g/mol. The Kier molecular flexibility index (Phi) is 6.99. The average molecular weight is 435 g/mol. The van der Waals surface area contributed by atoms with E-state index in [1.807, 2.05) is 31.2 Å². The minimum Gasteiger partial charge on any atom is -0.497 e. The Labute approximate surface area is 169 Å². The maximum Gasteiger partial charge on any atom is 0.124 e. The summed E-state index contributed by atoms with van der Waals surface area (Å²) in [6.45, 7) is 6.45. The van der Waals surface area contributed by atoms with E-state index in [1.54, 1.807) is 14.2 Å². The van der Waals surface area contributed by atoms with Gasteiger partial charge in [0.1, 0.15) is 17.2 Å². The van der Waals surface area contributed by atoms with E-state index in [9.17, 15) is 0 Å². The third-order valence-electron chi connectivity index (χ3n) is 4.81. The van der Waals surface area contributed by atoms with Gasteiger partial charge in [0.25, 0.3) is 0 Å². The van der Waals surface area contributed by atoms with Crippen LogP contribution in [0.15, 0.2) is 40.9 Å². The number of piperazine rings is 1. The van der Waals surface area contributed by atoms with Gasteiger partial charge in [-0.1, -0.05) is 15.9 Å². The maximum atomic E-state index is 5.98. The van der Waals surface area contributed by atoms with Crippen LogP contribution in [0.3, 0.4) is 0 Å². The topological polar surface area (TPSA) is 43.0 Å². The number of benzene rings is 2. The zero-order chi connectivity index (χ0) is 19.2. The molecule has 146 valence electrons. The summed E-state index contributed by atoms with van der Waals surface area (Å²) >= 11 is 3.63. The van der Waals surface area contributed by atoms with Crippen LogP contribution >= 0.6 is 15.9 Å². The van der Waals surface area contributed by atoms with Gasteiger partial charge in [-0.3, -0.25) is 4.90 Å². The molecule has 0 spiro atoms. The summed E-state index contributed by atoms with van der Waals surface area (Å²) in [6.07, 6.45) is 0. The molecule has 1 aliphatic heterocycles. The molecule has 6 heteroatoms. The van der Waals surface area contributed by atoms with E-state index >= 15 is 0 Å². The quantitative estimate of drug-likeness (QED) is 0.716. The fraction of sp³-hybridized carbons (Fsp3) is 0.429. The minimum absolute atomic E-state index is 0.0104. The van der Waals surface area contributed by atoms with Crippen LogP contribution in [0.25, 0.3) is 0 Å². The molecule has 1 atom stereocenters. The number of nitrogens with one attached hydrogen (secondary N) is 1. The second-order valence-corrected chi connectivity index (χ2v) is 7.33. The number of ether oxygens (including phenoxy) is 3. The Hall–Kier alpha value is -1.76. The van der Waals surface area contributed by atoms with Crippen molar-refractivity contribution in [3.05, 3.63) is 52.0 Å². The second-order valence-electron chi connectivity index (χ2n) is 6.41. The number of hydrogen-bond acceptors (Lipinski definition) is 5. The molecule has 1 N–H and O–H groups in total. The second kappa shape index (κ2) is 9.44. The summed E-state index contributed by atoms with van der Waals surface area (Å²) in [5, 5.41) is 3.44. The highest BCUT2D eigenvalue weighted by Crippen LogP contribution is 2.41. The van der Waals surface area contributed by atoms with E-state index < -0.39 is 0 Å². The highest BCUT2D eigenvalue weighted by Gasteiger charge is 2.29. The number of methoxy groups -OCH3 is 2. The standard InChI is InChI=1S/C21H27BrN2O3/c1-4-27-20-7-5-15(22)13-17(20)21(24-11-9-23-10-12-24)18-14-16(25-2)6-8-19(18)26-3/h5-8,13-14,21,23H,4,9-12H2,1-3H3. The molecule has 3 rings (SSSR count). The van der Waals surface area contributed by atoms with Gasteiger partial charge >= 0.3 is 0 Å². The Morgan fingerprint density at radius 1 is 1.00 bits per heavy atom. The van der Waals surface area contributed by atoms with Gasteiger partial charge in [-0.05, 0) is 43.3 Å². The summed E-state index contributed by atoms with van der Waals surface area (Å²) in [6, 6.07) is 12.2. The van der Waals surface area contributed by atoms with Gasteiger partial charge in [0.2, 0.25) is 0 Å². The van der Waals surface area contributed by atoms with Crippen molar-refractivity contribution >= 4 is 15.9 Å². The molecular formula is C21H27BrN2O3. The van der Waals surface area contributed by atoms with E-state index in [4.69, 9.17) is 14.2 Å². The molecule has 0 saturated carbocycles. The number of nitrogens with zero attached hydrogens (tertiary/aromatic N) is 1. The molecule has 0 aliphatic carbocycles. The first-order valence-electron chi connectivity index (χ1n) is 9.26. The van der Waals surface area contributed by atoms with Crippen LogP contribution < -0.4 is 19.5 Å². The molecule has 0 amide bonds. The van der Waals surface area contributed by atoms with Crippen molar-refractivity contribution in [2.45, 2.75) is 13.0 Å². The molecule has 1 aliphatic rings. The number of rotatable bonds is 7. The first-order chi connectivity index (χ1) is 13.2. The summed E-state index contributed by atoms with van der Waals surface area (Å²) in [4.78, 5) is 2.47. The Morgan fingerprint density at radius 3 is 2.37 bits per heavy atom. The molecule has 1 heterocycles. The first kappa shape index (κ1) is 20.0. The third kappa shape index (κ3) is 4.57. The summed E-state index contributed by atoms with van der Waals surface area (Å²) in [7, 11) is 3.40.